The molecule has 1 atom stereocenters. The molecule has 1 aromatic rings. The van der Waals surface area contributed by atoms with Crippen LogP contribution < -0.4 is 0 Å². The van der Waals surface area contributed by atoms with Crippen LogP contribution >= 0.6 is 0 Å². The molecule has 0 spiro atoms. The largest absolute Gasteiger partial charge is 0.218 e. The molecule has 108 valence electrons. The predicted molar refractivity (Wildman–Crippen MR) is 78.3 cm³/mol. The fourth-order valence-corrected chi connectivity index (χ4v) is 4.22. The second-order valence-corrected chi connectivity index (χ2v) is 7.64. The predicted octanol–water partition coefficient (Wildman–Crippen LogP) is 2.37. The lowest BCUT2D eigenvalue weighted by Crippen LogP contribution is -2.30. The molecule has 0 saturated carbocycles. The van der Waals surface area contributed by atoms with Crippen molar-refractivity contribution in [3.63, 3.8) is 0 Å². The van der Waals surface area contributed by atoms with Crippen molar-refractivity contribution in [1.82, 2.24) is 4.31 Å². The molecule has 1 fully saturated rings. The zero-order valence-corrected chi connectivity index (χ0v) is 12.7. The molecule has 1 saturated heterocycles. The molecule has 0 bridgehead atoms. The van der Waals surface area contributed by atoms with E-state index in [2.05, 4.69) is 19.9 Å². The summed E-state index contributed by atoms with van der Waals surface area (Å²) in [6, 6.07) is 8.95. The monoisotopic (exact) mass is 292 g/mol. The van der Waals surface area contributed by atoms with E-state index in [4.69, 9.17) is 5.26 Å². The molecule has 1 aliphatic heterocycles. The van der Waals surface area contributed by atoms with E-state index in [1.807, 2.05) is 0 Å². The molecule has 0 aromatic heterocycles. The molecule has 1 aromatic carbocycles. The SMILES string of the molecule is CC(C)C1CCN(S(=O)(=O)Cc2ccccc2C#N)C1. The van der Waals surface area contributed by atoms with Gasteiger partial charge in [-0.2, -0.15) is 5.26 Å². The fourth-order valence-electron chi connectivity index (χ4n) is 2.59. The summed E-state index contributed by atoms with van der Waals surface area (Å²) in [4.78, 5) is 0. The first-order valence-electron chi connectivity index (χ1n) is 6.90. The van der Waals surface area contributed by atoms with Crippen molar-refractivity contribution in [2.75, 3.05) is 13.1 Å². The van der Waals surface area contributed by atoms with Crippen LogP contribution in [-0.2, 0) is 15.8 Å². The molecule has 2 rings (SSSR count). The summed E-state index contributed by atoms with van der Waals surface area (Å²) in [5.41, 5.74) is 1.03. The first kappa shape index (κ1) is 15.0. The van der Waals surface area contributed by atoms with Crippen molar-refractivity contribution in [2.24, 2.45) is 11.8 Å². The Morgan fingerprint density at radius 3 is 2.70 bits per heavy atom. The highest BCUT2D eigenvalue weighted by Gasteiger charge is 2.32. The summed E-state index contributed by atoms with van der Waals surface area (Å²) in [6.07, 6.45) is 0.927. The van der Waals surface area contributed by atoms with Crippen molar-refractivity contribution in [3.8, 4) is 6.07 Å². The lowest BCUT2D eigenvalue weighted by molar-refractivity contribution is 0.388. The molecule has 20 heavy (non-hydrogen) atoms. The molecular weight excluding hydrogens is 272 g/mol. The first-order chi connectivity index (χ1) is 9.44. The van der Waals surface area contributed by atoms with Crippen LogP contribution in [0.1, 0.15) is 31.4 Å². The Morgan fingerprint density at radius 2 is 2.10 bits per heavy atom. The Kier molecular flexibility index (Phi) is 4.46. The Labute approximate surface area is 121 Å². The maximum atomic E-state index is 12.5. The zero-order chi connectivity index (χ0) is 14.8. The fraction of sp³-hybridized carbons (Fsp3) is 0.533. The van der Waals surface area contributed by atoms with Crippen molar-refractivity contribution >= 4 is 10.0 Å². The van der Waals surface area contributed by atoms with Crippen LogP contribution in [0, 0.1) is 23.2 Å². The average molecular weight is 292 g/mol. The minimum Gasteiger partial charge on any atom is -0.212 e. The van der Waals surface area contributed by atoms with Gasteiger partial charge in [0, 0.05) is 13.1 Å². The third-order valence-corrected chi connectivity index (χ3v) is 5.79. The van der Waals surface area contributed by atoms with Crippen molar-refractivity contribution in [2.45, 2.75) is 26.0 Å². The van der Waals surface area contributed by atoms with E-state index in [0.29, 0.717) is 36.1 Å². The van der Waals surface area contributed by atoms with Gasteiger partial charge in [-0.3, -0.25) is 0 Å². The summed E-state index contributed by atoms with van der Waals surface area (Å²) < 4.78 is 26.5. The maximum absolute atomic E-state index is 12.5. The van der Waals surface area contributed by atoms with Crippen LogP contribution in [0.3, 0.4) is 0 Å². The van der Waals surface area contributed by atoms with Gasteiger partial charge in [-0.15, -0.1) is 0 Å². The van der Waals surface area contributed by atoms with Gasteiger partial charge in [0.2, 0.25) is 10.0 Å². The normalized spacial score (nSPS) is 20.2. The number of nitriles is 1. The molecular formula is C15H20N2O2S. The highest BCUT2D eigenvalue weighted by molar-refractivity contribution is 7.88. The van der Waals surface area contributed by atoms with Gasteiger partial charge < -0.3 is 0 Å². The second kappa shape index (κ2) is 5.94. The van der Waals surface area contributed by atoms with Gasteiger partial charge in [0.25, 0.3) is 0 Å². The van der Waals surface area contributed by atoms with Gasteiger partial charge in [-0.25, -0.2) is 12.7 Å². The molecule has 0 amide bonds. The van der Waals surface area contributed by atoms with E-state index >= 15 is 0 Å². The molecule has 4 nitrogen and oxygen atoms in total. The van der Waals surface area contributed by atoms with E-state index in [-0.39, 0.29) is 5.75 Å². The molecule has 0 aliphatic carbocycles. The number of hydrogen-bond acceptors (Lipinski definition) is 3. The van der Waals surface area contributed by atoms with Crippen molar-refractivity contribution in [1.29, 1.82) is 5.26 Å². The Hall–Kier alpha value is -1.38. The lowest BCUT2D eigenvalue weighted by Gasteiger charge is -2.18. The van der Waals surface area contributed by atoms with Crippen LogP contribution in [0.15, 0.2) is 24.3 Å². The highest BCUT2D eigenvalue weighted by Crippen LogP contribution is 2.27. The maximum Gasteiger partial charge on any atom is 0.218 e. The summed E-state index contributed by atoms with van der Waals surface area (Å²) in [5.74, 6) is 0.860. The molecule has 1 aliphatic rings. The van der Waals surface area contributed by atoms with Gasteiger partial charge in [0.05, 0.1) is 17.4 Å². The third kappa shape index (κ3) is 3.20. The van der Waals surface area contributed by atoms with Crippen molar-refractivity contribution in [3.05, 3.63) is 35.4 Å². The number of nitrogens with zero attached hydrogens (tertiary/aromatic N) is 2. The zero-order valence-electron chi connectivity index (χ0n) is 11.9. The Balaban J connectivity index is 2.15. The van der Waals surface area contributed by atoms with Crippen LogP contribution in [0.5, 0.6) is 0 Å². The Morgan fingerprint density at radius 1 is 1.40 bits per heavy atom. The van der Waals surface area contributed by atoms with Crippen molar-refractivity contribution < 1.29 is 8.42 Å². The van der Waals surface area contributed by atoms with E-state index in [1.54, 1.807) is 28.6 Å². The van der Waals surface area contributed by atoms with E-state index < -0.39 is 10.0 Å². The quantitative estimate of drug-likeness (QED) is 0.856. The van der Waals surface area contributed by atoms with Gasteiger partial charge in [-0.05, 0) is 29.9 Å². The van der Waals surface area contributed by atoms with E-state index in [1.165, 1.54) is 0 Å². The minimum absolute atomic E-state index is 0.0818. The molecule has 0 N–H and O–H groups in total. The van der Waals surface area contributed by atoms with Crippen LogP contribution in [0.4, 0.5) is 0 Å². The lowest BCUT2D eigenvalue weighted by atomic mass is 9.96. The topological polar surface area (TPSA) is 61.2 Å². The van der Waals surface area contributed by atoms with Crippen LogP contribution in [0.2, 0.25) is 0 Å². The molecule has 1 heterocycles. The highest BCUT2D eigenvalue weighted by atomic mass is 32.2. The third-order valence-electron chi connectivity index (χ3n) is 4.00. The van der Waals surface area contributed by atoms with Gasteiger partial charge >= 0.3 is 0 Å². The smallest absolute Gasteiger partial charge is 0.212 e. The first-order valence-corrected chi connectivity index (χ1v) is 8.51. The molecule has 0 radical (unpaired) electrons. The number of benzene rings is 1. The van der Waals surface area contributed by atoms with E-state index in [0.717, 1.165) is 6.42 Å². The molecule has 1 unspecified atom stereocenters. The summed E-state index contributed by atoms with van der Waals surface area (Å²) in [6.45, 7) is 5.46. The summed E-state index contributed by atoms with van der Waals surface area (Å²) in [7, 11) is -3.33. The van der Waals surface area contributed by atoms with Gasteiger partial charge in [-0.1, -0.05) is 32.0 Å². The second-order valence-electron chi connectivity index (χ2n) is 5.68. The number of hydrogen-bond donors (Lipinski definition) is 0. The van der Waals surface area contributed by atoms with E-state index in [9.17, 15) is 8.42 Å². The summed E-state index contributed by atoms with van der Waals surface area (Å²) >= 11 is 0. The van der Waals surface area contributed by atoms with Gasteiger partial charge in [0.15, 0.2) is 0 Å². The number of rotatable bonds is 4. The Bertz CT molecular complexity index is 617. The number of sulfonamides is 1. The van der Waals surface area contributed by atoms with Crippen LogP contribution in [-0.4, -0.2) is 25.8 Å². The molecule has 5 heteroatoms. The standard InChI is InChI=1S/C15H20N2O2S/c1-12(2)14-7-8-17(10-14)20(18,19)11-15-6-4-3-5-13(15)9-16/h3-6,12,14H,7-8,10-11H2,1-2H3. The average Bonchev–Trinajstić information content (AvgIpc) is 2.89. The minimum atomic E-state index is -3.33. The van der Waals surface area contributed by atoms with Gasteiger partial charge in [0.1, 0.15) is 0 Å². The van der Waals surface area contributed by atoms with Crippen LogP contribution in [0.25, 0.3) is 0 Å². The summed E-state index contributed by atoms with van der Waals surface area (Å²) in [5, 5.41) is 9.04.